The highest BCUT2D eigenvalue weighted by atomic mass is 16.6. The van der Waals surface area contributed by atoms with E-state index in [1.54, 1.807) is 11.6 Å². The van der Waals surface area contributed by atoms with E-state index < -0.39 is 4.92 Å². The summed E-state index contributed by atoms with van der Waals surface area (Å²) >= 11 is 0. The van der Waals surface area contributed by atoms with Crippen LogP contribution in [0.2, 0.25) is 0 Å². The Morgan fingerprint density at radius 3 is 2.76 bits per heavy atom. The van der Waals surface area contributed by atoms with Crippen molar-refractivity contribution in [3.05, 3.63) is 22.0 Å². The third kappa shape index (κ3) is 1.88. The molecule has 92 valence electrons. The van der Waals surface area contributed by atoms with Gasteiger partial charge in [-0.2, -0.15) is 5.10 Å². The van der Waals surface area contributed by atoms with Gasteiger partial charge in [-0.1, -0.05) is 0 Å². The lowest BCUT2D eigenvalue weighted by Crippen LogP contribution is -2.34. The van der Waals surface area contributed by atoms with Crippen LogP contribution in [-0.2, 0) is 9.53 Å². The summed E-state index contributed by atoms with van der Waals surface area (Å²) in [6, 6.07) is 0.0628. The van der Waals surface area contributed by atoms with Crippen LogP contribution in [0.3, 0.4) is 0 Å². The lowest BCUT2D eigenvalue weighted by Gasteiger charge is -2.33. The Kier molecular flexibility index (Phi) is 2.83. The summed E-state index contributed by atoms with van der Waals surface area (Å²) in [6.45, 7) is 1.66. The SMILES string of the molecule is COC(=O)[C@H]1C[C@H](n2ncc([N+](=O)[O-])c2C)C1. The molecule has 7 heteroatoms. The Labute approximate surface area is 97.5 Å². The second kappa shape index (κ2) is 4.15. The predicted octanol–water partition coefficient (Wildman–Crippen LogP) is 1.22. The van der Waals surface area contributed by atoms with Gasteiger partial charge in [-0.3, -0.25) is 19.6 Å². The first-order valence-electron chi connectivity index (χ1n) is 5.31. The van der Waals surface area contributed by atoms with Crippen LogP contribution in [-0.4, -0.2) is 27.8 Å². The molecular weight excluding hydrogens is 226 g/mol. The number of nitrogens with zero attached hydrogens (tertiary/aromatic N) is 3. The van der Waals surface area contributed by atoms with Crippen LogP contribution in [0.1, 0.15) is 24.6 Å². The topological polar surface area (TPSA) is 87.3 Å². The molecule has 2 rings (SSSR count). The number of carbonyl (C=O) groups is 1. The number of hydrogen-bond donors (Lipinski definition) is 0. The minimum absolute atomic E-state index is 0.0199. The van der Waals surface area contributed by atoms with E-state index in [-0.39, 0.29) is 23.6 Å². The van der Waals surface area contributed by atoms with E-state index in [1.807, 2.05) is 0 Å². The number of ether oxygens (including phenoxy) is 1. The molecule has 0 unspecified atom stereocenters. The Hall–Kier alpha value is -1.92. The molecule has 0 spiro atoms. The maximum Gasteiger partial charge on any atom is 0.309 e. The Balaban J connectivity index is 2.07. The summed E-state index contributed by atoms with van der Waals surface area (Å²) < 4.78 is 6.26. The van der Waals surface area contributed by atoms with Crippen molar-refractivity contribution in [1.82, 2.24) is 9.78 Å². The quantitative estimate of drug-likeness (QED) is 0.449. The number of hydrogen-bond acceptors (Lipinski definition) is 5. The number of nitro groups is 1. The molecule has 0 saturated heterocycles. The van der Waals surface area contributed by atoms with Crippen LogP contribution in [0, 0.1) is 23.0 Å². The Morgan fingerprint density at radius 1 is 1.65 bits per heavy atom. The average molecular weight is 239 g/mol. The van der Waals surface area contributed by atoms with Gasteiger partial charge in [0.2, 0.25) is 0 Å². The molecule has 0 amide bonds. The molecule has 0 bridgehead atoms. The molecule has 1 aromatic rings. The standard InChI is InChI=1S/C10H13N3O4/c1-6-9(13(15)16)5-11-12(6)8-3-7(4-8)10(14)17-2/h5,7-8H,3-4H2,1-2H3/t7-,8-. The van der Waals surface area contributed by atoms with Crippen molar-refractivity contribution in [2.75, 3.05) is 7.11 Å². The van der Waals surface area contributed by atoms with E-state index in [4.69, 9.17) is 0 Å². The lowest BCUT2D eigenvalue weighted by atomic mass is 9.80. The van der Waals surface area contributed by atoms with Crippen LogP contribution in [0.4, 0.5) is 5.69 Å². The van der Waals surface area contributed by atoms with Gasteiger partial charge in [0.25, 0.3) is 0 Å². The summed E-state index contributed by atoms with van der Waals surface area (Å²) in [4.78, 5) is 21.4. The molecule has 17 heavy (non-hydrogen) atoms. The molecule has 1 heterocycles. The lowest BCUT2D eigenvalue weighted by molar-refractivity contribution is -0.385. The fourth-order valence-electron chi connectivity index (χ4n) is 2.11. The molecule has 1 aromatic heterocycles. The number of aromatic nitrogens is 2. The molecule has 0 aliphatic heterocycles. The van der Waals surface area contributed by atoms with E-state index >= 15 is 0 Å². The molecule has 1 saturated carbocycles. The number of rotatable bonds is 3. The second-order valence-electron chi connectivity index (χ2n) is 4.16. The van der Waals surface area contributed by atoms with Crippen molar-refractivity contribution in [1.29, 1.82) is 0 Å². The van der Waals surface area contributed by atoms with Gasteiger partial charge >= 0.3 is 11.7 Å². The first kappa shape index (κ1) is 11.6. The number of carbonyl (C=O) groups excluding carboxylic acids is 1. The maximum atomic E-state index is 11.2. The van der Waals surface area contributed by atoms with Crippen molar-refractivity contribution < 1.29 is 14.5 Å². The highest BCUT2D eigenvalue weighted by Crippen LogP contribution is 2.39. The largest absolute Gasteiger partial charge is 0.469 e. The highest BCUT2D eigenvalue weighted by molar-refractivity contribution is 5.73. The zero-order valence-corrected chi connectivity index (χ0v) is 9.62. The molecule has 0 N–H and O–H groups in total. The fourth-order valence-corrected chi connectivity index (χ4v) is 2.11. The van der Waals surface area contributed by atoms with Crippen molar-refractivity contribution >= 4 is 11.7 Å². The number of esters is 1. The highest BCUT2D eigenvalue weighted by Gasteiger charge is 2.38. The van der Waals surface area contributed by atoms with E-state index in [9.17, 15) is 14.9 Å². The van der Waals surface area contributed by atoms with E-state index in [0.29, 0.717) is 18.5 Å². The van der Waals surface area contributed by atoms with Crippen molar-refractivity contribution in [2.24, 2.45) is 5.92 Å². The van der Waals surface area contributed by atoms with Gasteiger partial charge in [0.05, 0.1) is 24.0 Å². The molecule has 0 radical (unpaired) electrons. The first-order valence-corrected chi connectivity index (χ1v) is 5.31. The summed E-state index contributed by atoms with van der Waals surface area (Å²) in [5.74, 6) is -0.326. The second-order valence-corrected chi connectivity index (χ2v) is 4.16. The van der Waals surface area contributed by atoms with Gasteiger partial charge < -0.3 is 4.74 Å². The minimum atomic E-state index is -0.449. The Morgan fingerprint density at radius 2 is 2.29 bits per heavy atom. The summed E-state index contributed by atoms with van der Waals surface area (Å²) in [5.41, 5.74) is 0.551. The fraction of sp³-hybridized carbons (Fsp3) is 0.600. The molecule has 1 fully saturated rings. The summed E-state index contributed by atoms with van der Waals surface area (Å²) in [5, 5.41) is 14.7. The number of methoxy groups -OCH3 is 1. The van der Waals surface area contributed by atoms with E-state index in [2.05, 4.69) is 9.84 Å². The van der Waals surface area contributed by atoms with Crippen LogP contribution in [0.5, 0.6) is 0 Å². The van der Waals surface area contributed by atoms with Crippen molar-refractivity contribution in [2.45, 2.75) is 25.8 Å². The third-order valence-corrected chi connectivity index (χ3v) is 3.21. The minimum Gasteiger partial charge on any atom is -0.469 e. The predicted molar refractivity (Wildman–Crippen MR) is 57.4 cm³/mol. The zero-order chi connectivity index (χ0) is 12.6. The van der Waals surface area contributed by atoms with Crippen LogP contribution >= 0.6 is 0 Å². The summed E-state index contributed by atoms with van der Waals surface area (Å²) in [6.07, 6.45) is 2.51. The van der Waals surface area contributed by atoms with E-state index in [0.717, 1.165) is 0 Å². The van der Waals surface area contributed by atoms with Crippen LogP contribution in [0.15, 0.2) is 6.20 Å². The molecular formula is C10H13N3O4. The van der Waals surface area contributed by atoms with Crippen LogP contribution < -0.4 is 0 Å². The third-order valence-electron chi connectivity index (χ3n) is 3.21. The van der Waals surface area contributed by atoms with Crippen LogP contribution in [0.25, 0.3) is 0 Å². The molecule has 7 nitrogen and oxygen atoms in total. The zero-order valence-electron chi connectivity index (χ0n) is 9.62. The molecule has 0 atom stereocenters. The normalized spacial score (nSPS) is 22.9. The monoisotopic (exact) mass is 239 g/mol. The van der Waals surface area contributed by atoms with Gasteiger partial charge in [0, 0.05) is 0 Å². The summed E-state index contributed by atoms with van der Waals surface area (Å²) in [7, 11) is 1.36. The van der Waals surface area contributed by atoms with Gasteiger partial charge in [-0.25, -0.2) is 0 Å². The first-order chi connectivity index (χ1) is 8.04. The van der Waals surface area contributed by atoms with Gasteiger partial charge in [0.1, 0.15) is 11.9 Å². The smallest absolute Gasteiger partial charge is 0.309 e. The molecule has 1 aliphatic carbocycles. The van der Waals surface area contributed by atoms with Crippen molar-refractivity contribution in [3.8, 4) is 0 Å². The van der Waals surface area contributed by atoms with Gasteiger partial charge in [-0.15, -0.1) is 0 Å². The molecule has 0 aromatic carbocycles. The molecule has 1 aliphatic rings. The maximum absolute atomic E-state index is 11.2. The van der Waals surface area contributed by atoms with Crippen molar-refractivity contribution in [3.63, 3.8) is 0 Å². The van der Waals surface area contributed by atoms with E-state index in [1.165, 1.54) is 13.3 Å². The van der Waals surface area contributed by atoms with Gasteiger partial charge in [0.15, 0.2) is 0 Å². The Bertz CT molecular complexity index is 462. The van der Waals surface area contributed by atoms with Gasteiger partial charge in [-0.05, 0) is 19.8 Å². The average Bonchev–Trinajstić information content (AvgIpc) is 2.58.